The smallest absolute Gasteiger partial charge is 0.269 e. The van der Waals surface area contributed by atoms with Gasteiger partial charge in [-0.3, -0.25) is 19.7 Å². The van der Waals surface area contributed by atoms with Crippen molar-refractivity contribution in [1.82, 2.24) is 9.99 Å². The first-order valence-electron chi connectivity index (χ1n) is 10.0. The van der Waals surface area contributed by atoms with Crippen LogP contribution in [0.15, 0.2) is 50.7 Å². The van der Waals surface area contributed by atoms with Gasteiger partial charge in [0.2, 0.25) is 0 Å². The molecule has 0 unspecified atom stereocenters. The number of amides is 1. The number of hydrogen-bond donors (Lipinski definition) is 1. The standard InChI is InChI=1S/C23H21N5O6/c1-14-8-17(28(31)32)4-6-19(14)21-7-5-18(34-21)11-25-26-22(29)12-27-15(2)9-16(13-33-3)20(10-24)23(27)30/h4-9,11H,12-13H2,1-3H3,(H,26,29)/b25-11+. The van der Waals surface area contributed by atoms with Crippen molar-refractivity contribution in [1.29, 1.82) is 5.26 Å². The maximum absolute atomic E-state index is 12.6. The van der Waals surface area contributed by atoms with E-state index in [2.05, 4.69) is 10.5 Å². The van der Waals surface area contributed by atoms with Crippen LogP contribution in [-0.4, -0.2) is 28.7 Å². The van der Waals surface area contributed by atoms with Crippen LogP contribution in [0.25, 0.3) is 11.3 Å². The maximum Gasteiger partial charge on any atom is 0.269 e. The second-order valence-electron chi connectivity index (χ2n) is 7.37. The Balaban J connectivity index is 1.69. The van der Waals surface area contributed by atoms with Crippen molar-refractivity contribution in [2.24, 2.45) is 5.10 Å². The number of nitrogens with one attached hydrogen (secondary N) is 1. The molecule has 0 radical (unpaired) electrons. The first-order chi connectivity index (χ1) is 16.2. The average Bonchev–Trinajstić information content (AvgIpc) is 3.25. The summed E-state index contributed by atoms with van der Waals surface area (Å²) in [6.07, 6.45) is 1.29. The first-order valence-corrected chi connectivity index (χ1v) is 10.0. The fourth-order valence-electron chi connectivity index (χ4n) is 3.37. The molecule has 0 saturated heterocycles. The van der Waals surface area contributed by atoms with Gasteiger partial charge in [0.05, 0.1) is 17.7 Å². The van der Waals surface area contributed by atoms with E-state index >= 15 is 0 Å². The summed E-state index contributed by atoms with van der Waals surface area (Å²) in [5, 5.41) is 24.0. The van der Waals surface area contributed by atoms with Crippen LogP contribution in [-0.2, 0) is 22.7 Å². The van der Waals surface area contributed by atoms with Crippen LogP contribution in [0.3, 0.4) is 0 Å². The highest BCUT2D eigenvalue weighted by atomic mass is 16.6. The lowest BCUT2D eigenvalue weighted by Crippen LogP contribution is -2.33. The van der Waals surface area contributed by atoms with E-state index < -0.39 is 16.4 Å². The molecular formula is C23H21N5O6. The van der Waals surface area contributed by atoms with Crippen LogP contribution in [0.1, 0.15) is 28.1 Å². The van der Waals surface area contributed by atoms with Gasteiger partial charge < -0.3 is 13.7 Å². The summed E-state index contributed by atoms with van der Waals surface area (Å²) in [6, 6.07) is 11.3. The number of aryl methyl sites for hydroxylation is 2. The highest BCUT2D eigenvalue weighted by Crippen LogP contribution is 2.28. The van der Waals surface area contributed by atoms with Crippen molar-refractivity contribution < 1.29 is 18.9 Å². The van der Waals surface area contributed by atoms with Crippen molar-refractivity contribution in [3.8, 4) is 17.4 Å². The Morgan fingerprint density at radius 1 is 1.32 bits per heavy atom. The van der Waals surface area contributed by atoms with Crippen LogP contribution in [0.2, 0.25) is 0 Å². The van der Waals surface area contributed by atoms with Gasteiger partial charge in [0.25, 0.3) is 17.2 Å². The van der Waals surface area contributed by atoms with Crippen LogP contribution < -0.4 is 11.0 Å². The summed E-state index contributed by atoms with van der Waals surface area (Å²) < 4.78 is 11.9. The molecule has 0 bridgehead atoms. The molecule has 0 saturated carbocycles. The Labute approximate surface area is 194 Å². The number of nitrogens with zero attached hydrogens (tertiary/aromatic N) is 4. The van der Waals surface area contributed by atoms with E-state index in [-0.39, 0.29) is 24.4 Å². The van der Waals surface area contributed by atoms with E-state index in [1.165, 1.54) is 30.0 Å². The molecule has 1 aromatic carbocycles. The Bertz CT molecular complexity index is 1380. The van der Waals surface area contributed by atoms with Gasteiger partial charge in [-0.15, -0.1) is 0 Å². The molecule has 1 N–H and O–H groups in total. The third kappa shape index (κ3) is 5.25. The zero-order chi connectivity index (χ0) is 24.8. The molecule has 0 aliphatic carbocycles. The molecule has 3 rings (SSSR count). The molecule has 0 aliphatic heterocycles. The quantitative estimate of drug-likeness (QED) is 0.306. The maximum atomic E-state index is 12.6. The van der Waals surface area contributed by atoms with Gasteiger partial charge in [0.1, 0.15) is 29.7 Å². The van der Waals surface area contributed by atoms with Crippen LogP contribution in [0, 0.1) is 35.3 Å². The molecule has 11 heteroatoms. The van der Waals surface area contributed by atoms with Gasteiger partial charge in [0.15, 0.2) is 0 Å². The monoisotopic (exact) mass is 463 g/mol. The zero-order valence-electron chi connectivity index (χ0n) is 18.7. The minimum absolute atomic E-state index is 0.0122. The summed E-state index contributed by atoms with van der Waals surface area (Å²) in [4.78, 5) is 35.3. The number of carbonyl (C=O) groups is 1. The topological polar surface area (TPSA) is 153 Å². The second-order valence-corrected chi connectivity index (χ2v) is 7.37. The number of nitro benzene ring substituents is 1. The third-order valence-electron chi connectivity index (χ3n) is 5.00. The predicted octanol–water partition coefficient (Wildman–Crippen LogP) is 2.80. The highest BCUT2D eigenvalue weighted by Gasteiger charge is 2.15. The fourth-order valence-corrected chi connectivity index (χ4v) is 3.37. The number of ether oxygens (including phenoxy) is 1. The molecule has 0 spiro atoms. The number of methoxy groups -OCH3 is 1. The third-order valence-corrected chi connectivity index (χ3v) is 5.00. The molecule has 11 nitrogen and oxygen atoms in total. The SMILES string of the molecule is COCc1cc(C)n(CC(=O)N/N=C/c2ccc(-c3ccc([N+](=O)[O-])cc3C)o2)c(=O)c1C#N. The van der Waals surface area contributed by atoms with Crippen molar-refractivity contribution in [3.05, 3.63) is 85.0 Å². The second kappa shape index (κ2) is 10.4. The number of hydrogen-bond acceptors (Lipinski definition) is 8. The minimum Gasteiger partial charge on any atom is -0.455 e. The van der Waals surface area contributed by atoms with Crippen molar-refractivity contribution in [2.45, 2.75) is 27.0 Å². The summed E-state index contributed by atoms with van der Waals surface area (Å²) in [6.45, 7) is 3.18. The molecule has 3 aromatic rings. The number of benzene rings is 1. The van der Waals surface area contributed by atoms with Gasteiger partial charge in [-0.25, -0.2) is 5.43 Å². The minimum atomic E-state index is -0.581. The van der Waals surface area contributed by atoms with Crippen molar-refractivity contribution in [3.63, 3.8) is 0 Å². The van der Waals surface area contributed by atoms with Crippen molar-refractivity contribution in [2.75, 3.05) is 7.11 Å². The number of nitro groups is 1. The summed E-state index contributed by atoms with van der Waals surface area (Å²) in [5.74, 6) is 0.266. The number of aromatic nitrogens is 1. The number of non-ortho nitro benzene ring substituents is 1. The number of nitriles is 1. The fraction of sp³-hybridized carbons (Fsp3) is 0.217. The number of hydrazone groups is 1. The van der Waals surface area contributed by atoms with Gasteiger partial charge in [-0.1, -0.05) is 0 Å². The number of pyridine rings is 1. The molecule has 0 atom stereocenters. The molecule has 0 fully saturated rings. The van der Waals surface area contributed by atoms with E-state index in [0.717, 1.165) is 0 Å². The Morgan fingerprint density at radius 3 is 2.74 bits per heavy atom. The first kappa shape index (κ1) is 24.1. The van der Waals surface area contributed by atoms with E-state index in [4.69, 9.17) is 9.15 Å². The van der Waals surface area contributed by atoms with Gasteiger partial charge >= 0.3 is 0 Å². The number of rotatable bonds is 8. The van der Waals surface area contributed by atoms with Crippen LogP contribution in [0.5, 0.6) is 0 Å². The largest absolute Gasteiger partial charge is 0.455 e. The van der Waals surface area contributed by atoms with Crippen LogP contribution in [0.4, 0.5) is 5.69 Å². The molecule has 2 aromatic heterocycles. The van der Waals surface area contributed by atoms with E-state index in [1.54, 1.807) is 38.1 Å². The number of carbonyl (C=O) groups excluding carboxylic acids is 1. The predicted molar refractivity (Wildman–Crippen MR) is 122 cm³/mol. The number of furan rings is 1. The lowest BCUT2D eigenvalue weighted by atomic mass is 10.1. The summed E-state index contributed by atoms with van der Waals surface area (Å²) >= 11 is 0. The van der Waals surface area contributed by atoms with Crippen LogP contribution >= 0.6 is 0 Å². The lowest BCUT2D eigenvalue weighted by molar-refractivity contribution is -0.384. The molecule has 2 heterocycles. The lowest BCUT2D eigenvalue weighted by Gasteiger charge is -2.12. The van der Waals surface area contributed by atoms with Gasteiger partial charge in [-0.2, -0.15) is 10.4 Å². The Hall–Kier alpha value is -4.56. The van der Waals surface area contributed by atoms with Gasteiger partial charge in [0, 0.05) is 36.1 Å². The molecule has 34 heavy (non-hydrogen) atoms. The average molecular weight is 463 g/mol. The highest BCUT2D eigenvalue weighted by molar-refractivity contribution is 5.81. The normalized spacial score (nSPS) is 10.9. The molecule has 1 amide bonds. The summed E-state index contributed by atoms with van der Waals surface area (Å²) in [7, 11) is 1.46. The van der Waals surface area contributed by atoms with Gasteiger partial charge in [-0.05, 0) is 43.7 Å². The zero-order valence-corrected chi connectivity index (χ0v) is 18.7. The summed E-state index contributed by atoms with van der Waals surface area (Å²) in [5.41, 5.74) is 3.98. The van der Waals surface area contributed by atoms with E-state index in [0.29, 0.717) is 33.9 Å². The van der Waals surface area contributed by atoms with Crippen molar-refractivity contribution >= 4 is 17.8 Å². The molecule has 0 aliphatic rings. The van der Waals surface area contributed by atoms with E-state index in [9.17, 15) is 25.0 Å². The van der Waals surface area contributed by atoms with E-state index in [1.807, 2.05) is 6.07 Å². The Kier molecular flexibility index (Phi) is 7.35. The molecule has 174 valence electrons. The molecular weight excluding hydrogens is 442 g/mol. The Morgan fingerprint density at radius 2 is 2.09 bits per heavy atom.